The van der Waals surface area contributed by atoms with Crippen molar-refractivity contribution in [3.8, 4) is 11.8 Å². The summed E-state index contributed by atoms with van der Waals surface area (Å²) >= 11 is 0. The Morgan fingerprint density at radius 3 is 2.89 bits per heavy atom. The Bertz CT molecular complexity index is 468. The largest absolute Gasteiger partial charge is 0.484 e. The molecule has 0 aliphatic rings. The van der Waals surface area contributed by atoms with Crippen molar-refractivity contribution in [1.29, 1.82) is 5.26 Å². The molecule has 1 rings (SSSR count). The number of nitrogens with zero attached hydrogens (tertiary/aromatic N) is 2. The summed E-state index contributed by atoms with van der Waals surface area (Å²) in [5, 5.41) is 22.7. The molecular formula is C12H15N3O3. The predicted octanol–water partition coefficient (Wildman–Crippen LogP) is 1.78. The van der Waals surface area contributed by atoms with Crippen molar-refractivity contribution < 1.29 is 9.66 Å². The van der Waals surface area contributed by atoms with Gasteiger partial charge in [0.25, 0.3) is 0 Å². The zero-order valence-electron chi connectivity index (χ0n) is 10.3. The summed E-state index contributed by atoms with van der Waals surface area (Å²) in [5.41, 5.74) is 0.486. The van der Waals surface area contributed by atoms with Gasteiger partial charge in [0.05, 0.1) is 11.0 Å². The number of para-hydroxylation sites is 1. The van der Waals surface area contributed by atoms with E-state index in [1.54, 1.807) is 19.1 Å². The fourth-order valence-electron chi connectivity index (χ4n) is 1.54. The molecule has 0 aromatic heterocycles. The molecule has 0 radical (unpaired) electrons. The number of hydrogen-bond acceptors (Lipinski definition) is 5. The lowest BCUT2D eigenvalue weighted by molar-refractivity contribution is -0.386. The molecule has 0 amide bonds. The van der Waals surface area contributed by atoms with Gasteiger partial charge in [0.15, 0.2) is 5.75 Å². The van der Waals surface area contributed by atoms with Crippen molar-refractivity contribution >= 4 is 5.69 Å². The minimum Gasteiger partial charge on any atom is -0.484 e. The van der Waals surface area contributed by atoms with Crippen LogP contribution in [0.2, 0.25) is 0 Å². The molecular weight excluding hydrogens is 234 g/mol. The maximum absolute atomic E-state index is 10.9. The monoisotopic (exact) mass is 249 g/mol. The van der Waals surface area contributed by atoms with Crippen molar-refractivity contribution in [3.05, 3.63) is 33.9 Å². The van der Waals surface area contributed by atoms with E-state index in [0.29, 0.717) is 12.1 Å². The third-order valence-electron chi connectivity index (χ3n) is 2.40. The molecule has 18 heavy (non-hydrogen) atoms. The zero-order valence-corrected chi connectivity index (χ0v) is 10.3. The number of nitro groups is 1. The molecule has 6 heteroatoms. The molecule has 1 unspecified atom stereocenters. The lowest BCUT2D eigenvalue weighted by Gasteiger charge is -2.12. The number of aryl methyl sites for hydroxylation is 1. The van der Waals surface area contributed by atoms with E-state index in [9.17, 15) is 10.1 Å². The smallest absolute Gasteiger partial charge is 0.313 e. The lowest BCUT2D eigenvalue weighted by atomic mass is 10.2. The molecule has 0 aliphatic carbocycles. The van der Waals surface area contributed by atoms with Crippen molar-refractivity contribution in [1.82, 2.24) is 5.32 Å². The number of hydrogen-bond donors (Lipinski definition) is 1. The molecule has 1 atom stereocenters. The highest BCUT2D eigenvalue weighted by Crippen LogP contribution is 2.30. The van der Waals surface area contributed by atoms with Gasteiger partial charge in [-0.05, 0) is 19.5 Å². The number of nitro benzene ring substituents is 1. The van der Waals surface area contributed by atoms with Gasteiger partial charge in [0.2, 0.25) is 0 Å². The van der Waals surface area contributed by atoms with Gasteiger partial charge in [-0.25, -0.2) is 0 Å². The SMILES string of the molecule is CCNC(C#N)COc1cccc(C)c1[N+](=O)[O-]. The summed E-state index contributed by atoms with van der Waals surface area (Å²) in [6, 6.07) is 6.42. The number of likely N-dealkylation sites (N-methyl/N-ethyl adjacent to an activating group) is 1. The second kappa shape index (κ2) is 6.57. The van der Waals surface area contributed by atoms with Crippen LogP contribution >= 0.6 is 0 Å². The number of nitrogens with one attached hydrogen (secondary N) is 1. The second-order valence-electron chi connectivity index (χ2n) is 3.73. The van der Waals surface area contributed by atoms with E-state index in [2.05, 4.69) is 5.32 Å². The standard InChI is InChI=1S/C12H15N3O3/c1-3-14-10(7-13)8-18-11-6-4-5-9(2)12(11)15(16)17/h4-6,10,14H,3,8H2,1-2H3. The van der Waals surface area contributed by atoms with E-state index in [4.69, 9.17) is 10.00 Å². The Hall–Kier alpha value is -2.13. The highest BCUT2D eigenvalue weighted by Gasteiger charge is 2.19. The molecule has 1 aromatic carbocycles. The minimum absolute atomic E-state index is 0.0503. The lowest BCUT2D eigenvalue weighted by Crippen LogP contribution is -2.33. The van der Waals surface area contributed by atoms with Crippen molar-refractivity contribution in [2.24, 2.45) is 0 Å². The highest BCUT2D eigenvalue weighted by atomic mass is 16.6. The first kappa shape index (κ1) is 13.9. The fourth-order valence-corrected chi connectivity index (χ4v) is 1.54. The summed E-state index contributed by atoms with van der Waals surface area (Å²) < 4.78 is 5.36. The van der Waals surface area contributed by atoms with Gasteiger partial charge >= 0.3 is 5.69 Å². The molecule has 0 aliphatic heterocycles. The Morgan fingerprint density at radius 1 is 1.61 bits per heavy atom. The second-order valence-corrected chi connectivity index (χ2v) is 3.73. The maximum Gasteiger partial charge on any atom is 0.313 e. The van der Waals surface area contributed by atoms with Gasteiger partial charge in [-0.15, -0.1) is 0 Å². The summed E-state index contributed by atoms with van der Waals surface area (Å²) in [6.45, 7) is 4.24. The molecule has 0 heterocycles. The predicted molar refractivity (Wildman–Crippen MR) is 66.4 cm³/mol. The van der Waals surface area contributed by atoms with E-state index < -0.39 is 11.0 Å². The van der Waals surface area contributed by atoms with Crippen LogP contribution < -0.4 is 10.1 Å². The van der Waals surface area contributed by atoms with Crippen molar-refractivity contribution in [3.63, 3.8) is 0 Å². The van der Waals surface area contributed by atoms with Gasteiger partial charge in [-0.3, -0.25) is 15.4 Å². The highest BCUT2D eigenvalue weighted by molar-refractivity contribution is 5.52. The molecule has 96 valence electrons. The van der Waals surface area contributed by atoms with Crippen LogP contribution in [0, 0.1) is 28.4 Å². The molecule has 1 aromatic rings. The van der Waals surface area contributed by atoms with Crippen LogP contribution in [-0.2, 0) is 0 Å². The molecule has 0 fully saturated rings. The first-order valence-corrected chi connectivity index (χ1v) is 5.60. The average Bonchev–Trinajstić information content (AvgIpc) is 2.33. The summed E-state index contributed by atoms with van der Waals surface area (Å²) in [4.78, 5) is 10.5. The molecule has 0 spiro atoms. The van der Waals surface area contributed by atoms with Crippen LogP contribution in [0.1, 0.15) is 12.5 Å². The van der Waals surface area contributed by atoms with E-state index in [0.717, 1.165) is 0 Å². The third kappa shape index (κ3) is 3.43. The van der Waals surface area contributed by atoms with E-state index in [1.807, 2.05) is 13.0 Å². The Balaban J connectivity index is 2.82. The number of ether oxygens (including phenoxy) is 1. The van der Waals surface area contributed by atoms with Crippen LogP contribution in [0.4, 0.5) is 5.69 Å². The Kier molecular flexibility index (Phi) is 5.08. The molecule has 6 nitrogen and oxygen atoms in total. The summed E-state index contributed by atoms with van der Waals surface area (Å²) in [5.74, 6) is 0.193. The first-order chi connectivity index (χ1) is 8.60. The van der Waals surface area contributed by atoms with Crippen LogP contribution in [0.25, 0.3) is 0 Å². The third-order valence-corrected chi connectivity index (χ3v) is 2.40. The Morgan fingerprint density at radius 2 is 2.33 bits per heavy atom. The van der Waals surface area contributed by atoms with Crippen LogP contribution in [0.5, 0.6) is 5.75 Å². The molecule has 1 N–H and O–H groups in total. The quantitative estimate of drug-likeness (QED) is 0.613. The normalized spacial score (nSPS) is 11.6. The van der Waals surface area contributed by atoms with Gasteiger partial charge in [-0.1, -0.05) is 19.1 Å². The van der Waals surface area contributed by atoms with Crippen LogP contribution in [0.15, 0.2) is 18.2 Å². The summed E-state index contributed by atoms with van der Waals surface area (Å²) in [7, 11) is 0. The maximum atomic E-state index is 10.9. The fraction of sp³-hybridized carbons (Fsp3) is 0.417. The number of nitriles is 1. The van der Waals surface area contributed by atoms with Crippen molar-refractivity contribution in [2.75, 3.05) is 13.2 Å². The molecule has 0 saturated carbocycles. The Labute approximate surface area is 105 Å². The number of rotatable bonds is 6. The first-order valence-electron chi connectivity index (χ1n) is 5.60. The van der Waals surface area contributed by atoms with E-state index in [1.165, 1.54) is 6.07 Å². The molecule has 0 saturated heterocycles. The van der Waals surface area contributed by atoms with Gasteiger partial charge in [0.1, 0.15) is 12.6 Å². The topological polar surface area (TPSA) is 88.2 Å². The number of benzene rings is 1. The summed E-state index contributed by atoms with van der Waals surface area (Å²) in [6.07, 6.45) is 0. The van der Waals surface area contributed by atoms with Gasteiger partial charge in [-0.2, -0.15) is 5.26 Å². The van der Waals surface area contributed by atoms with Gasteiger partial charge < -0.3 is 4.74 Å². The van der Waals surface area contributed by atoms with E-state index in [-0.39, 0.29) is 18.0 Å². The zero-order chi connectivity index (χ0) is 13.5. The van der Waals surface area contributed by atoms with Crippen molar-refractivity contribution in [2.45, 2.75) is 19.9 Å². The van der Waals surface area contributed by atoms with Crippen LogP contribution in [-0.4, -0.2) is 24.1 Å². The average molecular weight is 249 g/mol. The van der Waals surface area contributed by atoms with Gasteiger partial charge in [0, 0.05) is 5.56 Å². The minimum atomic E-state index is -0.477. The molecule has 0 bridgehead atoms. The van der Waals surface area contributed by atoms with E-state index >= 15 is 0 Å². The van der Waals surface area contributed by atoms with Crippen LogP contribution in [0.3, 0.4) is 0 Å².